The lowest BCUT2D eigenvalue weighted by Crippen LogP contribution is -2.27. The topological polar surface area (TPSA) is 79.5 Å². The van der Waals surface area contributed by atoms with Crippen molar-refractivity contribution >= 4 is 10.0 Å². The second-order valence-electron chi connectivity index (χ2n) is 5.12. The van der Waals surface area contributed by atoms with Crippen LogP contribution in [0.3, 0.4) is 0 Å². The summed E-state index contributed by atoms with van der Waals surface area (Å²) in [7, 11) is -4.34. The molecule has 23 heavy (non-hydrogen) atoms. The second-order valence-corrected chi connectivity index (χ2v) is 6.83. The number of aliphatic hydroxyl groups is 1. The number of halogens is 2. The van der Waals surface area contributed by atoms with E-state index in [2.05, 4.69) is 4.72 Å². The standard InChI is InChI=1S/C15H17F2NO4S/c1-9-8-11(10(2)22-9)14(19)6-7-18-23(20,21)15-12(16)4-3-5-13(15)17/h3-5,8,14,18-19H,6-7H2,1-2H3/t14-/m0/s1. The number of hydrogen-bond acceptors (Lipinski definition) is 4. The van der Waals surface area contributed by atoms with Crippen LogP contribution in [0.25, 0.3) is 0 Å². The van der Waals surface area contributed by atoms with Gasteiger partial charge in [0.25, 0.3) is 0 Å². The Bertz CT molecular complexity index is 782. The molecule has 0 bridgehead atoms. The van der Waals surface area contributed by atoms with Crippen molar-refractivity contribution in [3.05, 3.63) is 53.0 Å². The number of sulfonamides is 1. The molecule has 2 rings (SSSR count). The molecule has 1 aromatic heterocycles. The van der Waals surface area contributed by atoms with Gasteiger partial charge in [-0.1, -0.05) is 6.07 Å². The van der Waals surface area contributed by atoms with Gasteiger partial charge >= 0.3 is 0 Å². The molecular weight excluding hydrogens is 328 g/mol. The summed E-state index contributed by atoms with van der Waals surface area (Å²) in [5.41, 5.74) is 0.554. The highest BCUT2D eigenvalue weighted by molar-refractivity contribution is 7.89. The molecule has 1 heterocycles. The van der Waals surface area contributed by atoms with Crippen molar-refractivity contribution in [3.8, 4) is 0 Å². The predicted octanol–water partition coefficient (Wildman–Crippen LogP) is 2.58. The largest absolute Gasteiger partial charge is 0.466 e. The molecule has 0 spiro atoms. The summed E-state index contributed by atoms with van der Waals surface area (Å²) in [6.45, 7) is 3.23. The van der Waals surface area contributed by atoms with Crippen LogP contribution in [0, 0.1) is 25.5 Å². The first-order valence-corrected chi connectivity index (χ1v) is 8.39. The Labute approximate surface area is 133 Å². The predicted molar refractivity (Wildman–Crippen MR) is 79.3 cm³/mol. The molecule has 1 atom stereocenters. The van der Waals surface area contributed by atoms with E-state index in [-0.39, 0.29) is 13.0 Å². The molecule has 0 radical (unpaired) electrons. The Morgan fingerprint density at radius 2 is 1.87 bits per heavy atom. The van der Waals surface area contributed by atoms with E-state index in [0.29, 0.717) is 17.1 Å². The maximum absolute atomic E-state index is 13.5. The number of aliphatic hydroxyl groups excluding tert-OH is 1. The molecule has 0 aliphatic heterocycles. The molecule has 8 heteroatoms. The van der Waals surface area contributed by atoms with Gasteiger partial charge in [-0.2, -0.15) is 0 Å². The fourth-order valence-electron chi connectivity index (χ4n) is 2.28. The van der Waals surface area contributed by atoms with Gasteiger partial charge in [0.05, 0.1) is 6.10 Å². The first kappa shape index (κ1) is 17.6. The molecule has 0 saturated heterocycles. The maximum atomic E-state index is 13.5. The second kappa shape index (κ2) is 6.77. The van der Waals surface area contributed by atoms with Crippen molar-refractivity contribution < 1.29 is 26.7 Å². The third-order valence-electron chi connectivity index (χ3n) is 3.34. The highest BCUT2D eigenvalue weighted by Crippen LogP contribution is 2.24. The summed E-state index contributed by atoms with van der Waals surface area (Å²) >= 11 is 0. The van der Waals surface area contributed by atoms with Gasteiger partial charge in [-0.3, -0.25) is 0 Å². The Morgan fingerprint density at radius 1 is 1.26 bits per heavy atom. The van der Waals surface area contributed by atoms with E-state index in [1.54, 1.807) is 19.9 Å². The summed E-state index contributed by atoms with van der Waals surface area (Å²) in [4.78, 5) is -1.02. The molecule has 0 aliphatic carbocycles. The molecule has 2 N–H and O–H groups in total. The molecule has 0 fully saturated rings. The SMILES string of the molecule is Cc1cc([C@@H](O)CCNS(=O)(=O)c2c(F)cccc2F)c(C)o1. The third-order valence-corrected chi connectivity index (χ3v) is 4.85. The quantitative estimate of drug-likeness (QED) is 0.843. The zero-order valence-electron chi connectivity index (χ0n) is 12.6. The monoisotopic (exact) mass is 345 g/mol. The molecule has 2 aromatic rings. The number of furan rings is 1. The first-order valence-electron chi connectivity index (χ1n) is 6.91. The van der Waals surface area contributed by atoms with Gasteiger partial charge in [-0.15, -0.1) is 0 Å². The van der Waals surface area contributed by atoms with Crippen molar-refractivity contribution in [2.75, 3.05) is 6.54 Å². The molecule has 0 unspecified atom stereocenters. The normalized spacial score (nSPS) is 13.3. The number of rotatable bonds is 6. The highest BCUT2D eigenvalue weighted by Gasteiger charge is 2.24. The zero-order valence-corrected chi connectivity index (χ0v) is 13.5. The lowest BCUT2D eigenvalue weighted by Gasteiger charge is -2.11. The first-order chi connectivity index (χ1) is 10.7. The van der Waals surface area contributed by atoms with Gasteiger partial charge in [0.15, 0.2) is 4.90 Å². The zero-order chi connectivity index (χ0) is 17.2. The Balaban J connectivity index is 2.04. The van der Waals surface area contributed by atoms with Crippen LogP contribution in [-0.2, 0) is 10.0 Å². The molecule has 0 aliphatic rings. The molecule has 126 valence electrons. The van der Waals surface area contributed by atoms with Crippen molar-refractivity contribution in [3.63, 3.8) is 0 Å². The van der Waals surface area contributed by atoms with Crippen LogP contribution in [0.4, 0.5) is 8.78 Å². The third kappa shape index (κ3) is 3.95. The van der Waals surface area contributed by atoms with Crippen molar-refractivity contribution in [1.82, 2.24) is 4.72 Å². The summed E-state index contributed by atoms with van der Waals surface area (Å²) in [6.07, 6.45) is -0.907. The van der Waals surface area contributed by atoms with E-state index >= 15 is 0 Å². The minimum absolute atomic E-state index is 0.0368. The van der Waals surface area contributed by atoms with Gasteiger partial charge in [0.2, 0.25) is 10.0 Å². The van der Waals surface area contributed by atoms with Crippen LogP contribution in [-0.4, -0.2) is 20.1 Å². The molecule has 0 amide bonds. The molecule has 0 saturated carbocycles. The van der Waals surface area contributed by atoms with Crippen LogP contribution in [0.15, 0.2) is 33.6 Å². The van der Waals surface area contributed by atoms with Crippen LogP contribution >= 0.6 is 0 Å². The van der Waals surface area contributed by atoms with Crippen LogP contribution in [0.2, 0.25) is 0 Å². The highest BCUT2D eigenvalue weighted by atomic mass is 32.2. The fraction of sp³-hybridized carbons (Fsp3) is 0.333. The summed E-state index contributed by atoms with van der Waals surface area (Å²) < 4.78 is 58.4. The Morgan fingerprint density at radius 3 is 2.39 bits per heavy atom. The van der Waals surface area contributed by atoms with Crippen molar-refractivity contribution in [2.45, 2.75) is 31.3 Å². The average molecular weight is 345 g/mol. The Hall–Kier alpha value is -1.77. The van der Waals surface area contributed by atoms with Gasteiger partial charge < -0.3 is 9.52 Å². The van der Waals surface area contributed by atoms with E-state index in [9.17, 15) is 22.3 Å². The molecule has 5 nitrogen and oxygen atoms in total. The van der Waals surface area contributed by atoms with E-state index in [1.807, 2.05) is 0 Å². The maximum Gasteiger partial charge on any atom is 0.246 e. The van der Waals surface area contributed by atoms with Gasteiger partial charge in [0, 0.05) is 12.1 Å². The van der Waals surface area contributed by atoms with E-state index < -0.39 is 32.7 Å². The number of aryl methyl sites for hydroxylation is 2. The summed E-state index contributed by atoms with van der Waals surface area (Å²) in [5, 5.41) is 10.0. The minimum Gasteiger partial charge on any atom is -0.466 e. The summed E-state index contributed by atoms with van der Waals surface area (Å²) in [5.74, 6) is -1.16. The average Bonchev–Trinajstić information content (AvgIpc) is 2.77. The van der Waals surface area contributed by atoms with Crippen LogP contribution < -0.4 is 4.72 Å². The van der Waals surface area contributed by atoms with Gasteiger partial charge in [0.1, 0.15) is 23.2 Å². The van der Waals surface area contributed by atoms with Crippen molar-refractivity contribution in [2.24, 2.45) is 0 Å². The lowest BCUT2D eigenvalue weighted by atomic mass is 10.1. The van der Waals surface area contributed by atoms with Gasteiger partial charge in [-0.05, 0) is 38.5 Å². The molecular formula is C15H17F2NO4S. The lowest BCUT2D eigenvalue weighted by molar-refractivity contribution is 0.167. The van der Waals surface area contributed by atoms with Gasteiger partial charge in [-0.25, -0.2) is 21.9 Å². The number of nitrogens with one attached hydrogen (secondary N) is 1. The van der Waals surface area contributed by atoms with E-state index in [4.69, 9.17) is 4.42 Å². The summed E-state index contributed by atoms with van der Waals surface area (Å²) in [6, 6.07) is 4.47. The fourth-order valence-corrected chi connectivity index (χ4v) is 3.46. The number of hydrogen-bond donors (Lipinski definition) is 2. The Kier molecular flexibility index (Phi) is 5.18. The van der Waals surface area contributed by atoms with E-state index in [1.165, 1.54) is 0 Å². The minimum atomic E-state index is -4.34. The molecule has 1 aromatic carbocycles. The van der Waals surface area contributed by atoms with Crippen molar-refractivity contribution in [1.29, 1.82) is 0 Å². The number of benzene rings is 1. The smallest absolute Gasteiger partial charge is 0.246 e. The van der Waals surface area contributed by atoms with Crippen LogP contribution in [0.5, 0.6) is 0 Å². The van der Waals surface area contributed by atoms with Crippen LogP contribution in [0.1, 0.15) is 29.6 Å². The van der Waals surface area contributed by atoms with E-state index in [0.717, 1.165) is 18.2 Å².